The van der Waals surface area contributed by atoms with Gasteiger partial charge in [-0.2, -0.15) is 0 Å². The minimum Gasteiger partial charge on any atom is -0.449 e. The zero-order valence-corrected chi connectivity index (χ0v) is 13.3. The molecule has 9 nitrogen and oxygen atoms in total. The first-order chi connectivity index (χ1) is 11.3. The van der Waals surface area contributed by atoms with Gasteiger partial charge in [0.2, 0.25) is 11.6 Å². The van der Waals surface area contributed by atoms with Crippen LogP contribution in [0.5, 0.6) is 0 Å². The molecule has 0 aromatic heterocycles. The summed E-state index contributed by atoms with van der Waals surface area (Å²) in [5.74, 6) is -1.38. The summed E-state index contributed by atoms with van der Waals surface area (Å²) >= 11 is 0. The Morgan fingerprint density at radius 1 is 1.46 bits per heavy atom. The molecule has 24 heavy (non-hydrogen) atoms. The van der Waals surface area contributed by atoms with Crippen LogP contribution in [0.25, 0.3) is 0 Å². The highest BCUT2D eigenvalue weighted by Crippen LogP contribution is 2.58. The van der Waals surface area contributed by atoms with Gasteiger partial charge in [-0.1, -0.05) is 0 Å². The van der Waals surface area contributed by atoms with E-state index in [-0.39, 0.29) is 35.7 Å². The number of carbonyl (C=O) groups is 3. The Morgan fingerprint density at radius 2 is 2.17 bits per heavy atom. The molecular weight excluding hydrogens is 316 g/mol. The lowest BCUT2D eigenvalue weighted by Crippen LogP contribution is -2.55. The van der Waals surface area contributed by atoms with Crippen molar-refractivity contribution < 1.29 is 23.9 Å². The first-order valence-corrected chi connectivity index (χ1v) is 7.62. The predicted octanol–water partition coefficient (Wildman–Crippen LogP) is -1.70. The number of likely N-dealkylation sites (N-methyl/N-ethyl adjacent to an activating group) is 1. The van der Waals surface area contributed by atoms with Crippen LogP contribution in [0.4, 0.5) is 4.79 Å². The van der Waals surface area contributed by atoms with E-state index >= 15 is 0 Å². The number of hydrogen-bond acceptors (Lipinski definition) is 8. The largest absolute Gasteiger partial charge is 0.449 e. The third kappa shape index (κ3) is 1.58. The van der Waals surface area contributed by atoms with Crippen molar-refractivity contribution in [3.63, 3.8) is 0 Å². The summed E-state index contributed by atoms with van der Waals surface area (Å²) in [6.45, 7) is 0.412. The summed E-state index contributed by atoms with van der Waals surface area (Å²) in [7, 11) is 3.48. The molecule has 2 fully saturated rings. The number of amides is 1. The summed E-state index contributed by atoms with van der Waals surface area (Å²) < 4.78 is 10.8. The monoisotopic (exact) mass is 334 g/mol. The quantitative estimate of drug-likeness (QED) is 0.462. The Balaban J connectivity index is 1.83. The van der Waals surface area contributed by atoms with Gasteiger partial charge in [-0.05, 0) is 7.05 Å². The lowest BCUT2D eigenvalue weighted by atomic mass is 9.84. The molecule has 128 valence electrons. The van der Waals surface area contributed by atoms with Gasteiger partial charge in [0.1, 0.15) is 6.61 Å². The van der Waals surface area contributed by atoms with Gasteiger partial charge in [0, 0.05) is 31.3 Å². The molecule has 4 aliphatic rings. The van der Waals surface area contributed by atoms with E-state index in [4.69, 9.17) is 20.9 Å². The fourth-order valence-corrected chi connectivity index (χ4v) is 4.57. The summed E-state index contributed by atoms with van der Waals surface area (Å²) in [5.41, 5.74) is 10.3. The number of primary amides is 1. The lowest BCUT2D eigenvalue weighted by Gasteiger charge is -2.40. The number of ketones is 2. The number of allylic oxidation sites excluding steroid dienone is 2. The zero-order chi connectivity index (χ0) is 17.4. The van der Waals surface area contributed by atoms with Gasteiger partial charge in [-0.15, -0.1) is 0 Å². The standard InChI is InChI=1S/C15H18N4O5/c1-18-8-4-19-11-9(20)3-7(16)12(21)10(11)6(5-24-14(17)22)15(19,23-2)13(8)18/h3,6,8,13H,4-5,16H2,1-2H3,(H2,17,22)/t6-,8+,13+,15-,18?/m1/s1. The van der Waals surface area contributed by atoms with E-state index in [2.05, 4.69) is 4.90 Å². The number of Topliss-reactive ketones (excluding diaryl/α,β-unsaturated/α-hetero) is 1. The maximum atomic E-state index is 12.6. The fraction of sp³-hybridized carbons (Fsp3) is 0.533. The Hall–Kier alpha value is -2.39. The number of rotatable bonds is 3. The van der Waals surface area contributed by atoms with E-state index in [0.717, 1.165) is 6.08 Å². The number of carbonyl (C=O) groups excluding carboxylic acids is 3. The summed E-state index contributed by atoms with van der Waals surface area (Å²) in [5, 5.41) is 0. The van der Waals surface area contributed by atoms with Crippen LogP contribution in [-0.2, 0) is 19.1 Å². The van der Waals surface area contributed by atoms with Crippen molar-refractivity contribution in [2.75, 3.05) is 27.3 Å². The number of piperazine rings is 1. The molecule has 2 saturated heterocycles. The minimum atomic E-state index is -0.946. The second kappa shape index (κ2) is 4.58. The van der Waals surface area contributed by atoms with Crippen molar-refractivity contribution in [3.8, 4) is 0 Å². The fourth-order valence-electron chi connectivity index (χ4n) is 4.57. The molecule has 0 spiro atoms. The van der Waals surface area contributed by atoms with E-state index < -0.39 is 23.5 Å². The van der Waals surface area contributed by atoms with E-state index in [9.17, 15) is 14.4 Å². The highest BCUT2D eigenvalue weighted by atomic mass is 16.6. The topological polar surface area (TPSA) is 128 Å². The van der Waals surface area contributed by atoms with Crippen molar-refractivity contribution in [1.29, 1.82) is 0 Å². The van der Waals surface area contributed by atoms with Gasteiger partial charge in [-0.3, -0.25) is 14.5 Å². The Morgan fingerprint density at radius 3 is 2.79 bits per heavy atom. The van der Waals surface area contributed by atoms with Crippen molar-refractivity contribution in [2.24, 2.45) is 17.4 Å². The van der Waals surface area contributed by atoms with Crippen LogP contribution in [0.2, 0.25) is 0 Å². The van der Waals surface area contributed by atoms with Crippen molar-refractivity contribution in [3.05, 3.63) is 23.0 Å². The van der Waals surface area contributed by atoms with Gasteiger partial charge >= 0.3 is 6.09 Å². The molecule has 1 unspecified atom stereocenters. The number of nitrogens with zero attached hydrogens (tertiary/aromatic N) is 2. The third-order valence-electron chi connectivity index (χ3n) is 5.57. The van der Waals surface area contributed by atoms with Crippen LogP contribution in [0, 0.1) is 5.92 Å². The summed E-state index contributed by atoms with van der Waals surface area (Å²) in [6.07, 6.45) is 0.200. The van der Waals surface area contributed by atoms with Crippen molar-refractivity contribution in [1.82, 2.24) is 9.80 Å². The molecule has 0 radical (unpaired) electrons. The lowest BCUT2D eigenvalue weighted by molar-refractivity contribution is -0.144. The first-order valence-electron chi connectivity index (χ1n) is 7.62. The van der Waals surface area contributed by atoms with Gasteiger partial charge < -0.3 is 25.8 Å². The molecule has 3 heterocycles. The molecule has 4 N–H and O–H groups in total. The maximum absolute atomic E-state index is 12.6. The van der Waals surface area contributed by atoms with Crippen LogP contribution in [-0.4, -0.2) is 72.6 Å². The van der Waals surface area contributed by atoms with E-state index in [1.807, 2.05) is 11.9 Å². The molecule has 1 amide bonds. The molecule has 1 aliphatic carbocycles. The van der Waals surface area contributed by atoms with Crippen LogP contribution >= 0.6 is 0 Å². The third-order valence-corrected chi connectivity index (χ3v) is 5.57. The van der Waals surface area contributed by atoms with Gasteiger partial charge in [0.25, 0.3) is 0 Å². The smallest absolute Gasteiger partial charge is 0.404 e. The maximum Gasteiger partial charge on any atom is 0.404 e. The second-order valence-corrected chi connectivity index (χ2v) is 6.48. The molecule has 0 saturated carbocycles. The average Bonchev–Trinajstić information content (AvgIpc) is 2.92. The Kier molecular flexibility index (Phi) is 2.89. The molecule has 0 aromatic carbocycles. The highest BCUT2D eigenvalue weighted by molar-refractivity contribution is 6.23. The number of nitrogens with two attached hydrogens (primary N) is 2. The normalized spacial score (nSPS) is 39.4. The van der Waals surface area contributed by atoms with Crippen LogP contribution < -0.4 is 11.5 Å². The van der Waals surface area contributed by atoms with Gasteiger partial charge in [0.05, 0.1) is 23.4 Å². The molecule has 0 aromatic rings. The Labute approximate surface area is 137 Å². The molecule has 9 heteroatoms. The Bertz CT molecular complexity index is 744. The van der Waals surface area contributed by atoms with Crippen LogP contribution in [0.1, 0.15) is 0 Å². The molecule has 3 aliphatic heterocycles. The molecule has 4 rings (SSSR count). The number of hydrogen-bond donors (Lipinski definition) is 2. The number of methoxy groups -OCH3 is 1. The highest BCUT2D eigenvalue weighted by Gasteiger charge is 2.75. The summed E-state index contributed by atoms with van der Waals surface area (Å²) in [6, 6.07) is 0.220. The van der Waals surface area contributed by atoms with E-state index in [1.54, 1.807) is 0 Å². The van der Waals surface area contributed by atoms with Crippen molar-refractivity contribution in [2.45, 2.75) is 17.8 Å². The van der Waals surface area contributed by atoms with Gasteiger partial charge in [0.15, 0.2) is 5.72 Å². The van der Waals surface area contributed by atoms with E-state index in [0.29, 0.717) is 12.2 Å². The minimum absolute atomic E-state index is 0.00333. The second-order valence-electron chi connectivity index (χ2n) is 6.48. The molecular formula is C15H18N4O5. The summed E-state index contributed by atoms with van der Waals surface area (Å²) in [4.78, 5) is 40.2. The van der Waals surface area contributed by atoms with Crippen molar-refractivity contribution >= 4 is 17.7 Å². The first kappa shape index (κ1) is 15.2. The SMILES string of the molecule is CO[C@@]12[C@H](COC(N)=O)C3=C(C(=O)C=C(N)C3=O)N1C[C@H]1[C@@H]2N1C. The van der Waals surface area contributed by atoms with Crippen LogP contribution in [0.3, 0.4) is 0 Å². The van der Waals surface area contributed by atoms with E-state index in [1.165, 1.54) is 7.11 Å². The zero-order valence-electron chi connectivity index (χ0n) is 13.3. The number of ether oxygens (including phenoxy) is 2. The predicted molar refractivity (Wildman–Crippen MR) is 80.1 cm³/mol. The molecule has 0 bridgehead atoms. The van der Waals surface area contributed by atoms with Gasteiger partial charge in [-0.25, -0.2) is 4.79 Å². The number of fused-ring (bicyclic) bond motifs is 4. The van der Waals surface area contributed by atoms with Crippen LogP contribution in [0.15, 0.2) is 23.0 Å². The molecule has 5 atom stereocenters. The average molecular weight is 334 g/mol.